The van der Waals surface area contributed by atoms with Crippen LogP contribution in [0.3, 0.4) is 0 Å². The summed E-state index contributed by atoms with van der Waals surface area (Å²) in [5, 5.41) is 4.39. The molecule has 0 spiro atoms. The van der Waals surface area contributed by atoms with Gasteiger partial charge >= 0.3 is 0 Å². The van der Waals surface area contributed by atoms with Crippen LogP contribution in [-0.4, -0.2) is 45.4 Å². The van der Waals surface area contributed by atoms with Crippen LogP contribution in [0.2, 0.25) is 5.02 Å². The van der Waals surface area contributed by atoms with E-state index in [0.29, 0.717) is 17.1 Å². The fraction of sp³-hybridized carbons (Fsp3) is 0.381. The van der Waals surface area contributed by atoms with Gasteiger partial charge in [-0.25, -0.2) is 0 Å². The molecule has 3 aromatic rings. The molecule has 1 aromatic carbocycles. The fourth-order valence-corrected chi connectivity index (χ4v) is 4.10. The molecule has 7 heteroatoms. The third-order valence-electron chi connectivity index (χ3n) is 5.34. The molecule has 1 saturated heterocycles. The first-order chi connectivity index (χ1) is 13.6. The lowest BCUT2D eigenvalue weighted by molar-refractivity contribution is 0.0923. The summed E-state index contributed by atoms with van der Waals surface area (Å²) in [6, 6.07) is 5.53. The maximum absolute atomic E-state index is 12.8. The van der Waals surface area contributed by atoms with Crippen molar-refractivity contribution in [3.8, 4) is 0 Å². The predicted molar refractivity (Wildman–Crippen MR) is 111 cm³/mol. The molecule has 2 N–H and O–H groups in total. The largest absolute Gasteiger partial charge is 0.361 e. The number of piperidine rings is 1. The normalized spacial score (nSPS) is 16.2. The minimum Gasteiger partial charge on any atom is -0.361 e. The van der Waals surface area contributed by atoms with Crippen LogP contribution in [0.5, 0.6) is 0 Å². The van der Waals surface area contributed by atoms with Crippen molar-refractivity contribution in [2.45, 2.75) is 32.2 Å². The number of nitrogens with one attached hydrogen (secondary N) is 2. The fourth-order valence-electron chi connectivity index (χ4n) is 3.78. The van der Waals surface area contributed by atoms with Crippen molar-refractivity contribution in [2.75, 3.05) is 19.6 Å². The van der Waals surface area contributed by atoms with Crippen LogP contribution >= 0.6 is 11.6 Å². The molecule has 1 unspecified atom stereocenters. The van der Waals surface area contributed by atoms with Crippen molar-refractivity contribution in [1.29, 1.82) is 0 Å². The number of carbonyl (C=O) groups is 1. The quantitative estimate of drug-likeness (QED) is 0.685. The second-order valence-corrected chi connectivity index (χ2v) is 7.65. The van der Waals surface area contributed by atoms with Crippen molar-refractivity contribution in [2.24, 2.45) is 0 Å². The van der Waals surface area contributed by atoms with Crippen LogP contribution < -0.4 is 5.32 Å². The zero-order valence-corrected chi connectivity index (χ0v) is 16.7. The minimum atomic E-state index is -0.171. The lowest BCUT2D eigenvalue weighted by atomic mass is 10.1. The van der Waals surface area contributed by atoms with Gasteiger partial charge in [-0.05, 0) is 51.1 Å². The van der Waals surface area contributed by atoms with Gasteiger partial charge in [0.15, 0.2) is 0 Å². The monoisotopic (exact) mass is 397 g/mol. The molecule has 1 aliphatic rings. The van der Waals surface area contributed by atoms with E-state index in [1.54, 1.807) is 12.3 Å². The Morgan fingerprint density at radius 1 is 1.21 bits per heavy atom. The second kappa shape index (κ2) is 8.29. The second-order valence-electron chi connectivity index (χ2n) is 7.27. The smallest absolute Gasteiger partial charge is 0.252 e. The first-order valence-electron chi connectivity index (χ1n) is 9.70. The molecular formula is C21H24ClN5O. The molecule has 1 aliphatic heterocycles. The summed E-state index contributed by atoms with van der Waals surface area (Å²) < 4.78 is 0. The zero-order chi connectivity index (χ0) is 19.5. The van der Waals surface area contributed by atoms with E-state index in [4.69, 9.17) is 11.6 Å². The lowest BCUT2D eigenvalue weighted by Gasteiger charge is -2.34. The standard InChI is InChI=1S/C21H24ClN5O/c1-14-11-25-18(12-24-14)19(27-9-3-2-4-10-27)13-26-21(28)16-5-6-17-15(20(16)22)7-8-23-17/h5-8,11-12,19,23H,2-4,9-10,13H2,1H3,(H,26,28). The number of hydrogen-bond acceptors (Lipinski definition) is 4. The van der Waals surface area contributed by atoms with Crippen LogP contribution in [-0.2, 0) is 0 Å². The van der Waals surface area contributed by atoms with Crippen molar-refractivity contribution in [1.82, 2.24) is 25.2 Å². The van der Waals surface area contributed by atoms with Gasteiger partial charge in [0.2, 0.25) is 0 Å². The summed E-state index contributed by atoms with van der Waals surface area (Å²) in [4.78, 5) is 27.3. The Bertz CT molecular complexity index is 963. The molecule has 1 amide bonds. The van der Waals surface area contributed by atoms with Crippen molar-refractivity contribution in [3.63, 3.8) is 0 Å². The maximum Gasteiger partial charge on any atom is 0.252 e. The number of hydrogen-bond donors (Lipinski definition) is 2. The molecule has 1 fully saturated rings. The van der Waals surface area contributed by atoms with E-state index >= 15 is 0 Å². The van der Waals surface area contributed by atoms with Crippen molar-refractivity contribution >= 4 is 28.4 Å². The number of likely N-dealkylation sites (tertiary alicyclic amines) is 1. The lowest BCUT2D eigenvalue weighted by Crippen LogP contribution is -2.41. The van der Waals surface area contributed by atoms with Crippen LogP contribution in [0.1, 0.15) is 47.1 Å². The van der Waals surface area contributed by atoms with E-state index in [1.807, 2.05) is 31.5 Å². The average Bonchev–Trinajstić information content (AvgIpc) is 3.20. The van der Waals surface area contributed by atoms with Crippen LogP contribution in [0.25, 0.3) is 10.9 Å². The number of H-pyrrole nitrogens is 1. The van der Waals surface area contributed by atoms with Crippen molar-refractivity contribution in [3.05, 3.63) is 58.8 Å². The number of aromatic nitrogens is 3. The van der Waals surface area contributed by atoms with Gasteiger partial charge in [0.25, 0.3) is 5.91 Å². The molecule has 1 atom stereocenters. The molecule has 0 aliphatic carbocycles. The van der Waals surface area contributed by atoms with Gasteiger partial charge in [0.1, 0.15) is 0 Å². The Balaban J connectivity index is 1.53. The molecular weight excluding hydrogens is 374 g/mol. The van der Waals surface area contributed by atoms with E-state index < -0.39 is 0 Å². The van der Waals surface area contributed by atoms with E-state index in [0.717, 1.165) is 35.4 Å². The average molecular weight is 398 g/mol. The summed E-state index contributed by atoms with van der Waals surface area (Å²) in [5.41, 5.74) is 3.18. The van der Waals surface area contributed by atoms with Crippen LogP contribution in [0.15, 0.2) is 36.8 Å². The molecule has 4 rings (SSSR count). The van der Waals surface area contributed by atoms with Gasteiger partial charge in [-0.3, -0.25) is 19.7 Å². The highest BCUT2D eigenvalue weighted by Crippen LogP contribution is 2.27. The topological polar surface area (TPSA) is 73.9 Å². The number of amides is 1. The number of fused-ring (bicyclic) bond motifs is 1. The number of aryl methyl sites for hydroxylation is 1. The molecule has 28 heavy (non-hydrogen) atoms. The Labute approximate surface area is 169 Å². The van der Waals surface area contributed by atoms with Gasteiger partial charge in [0, 0.05) is 29.8 Å². The summed E-state index contributed by atoms with van der Waals surface area (Å²) in [7, 11) is 0. The van der Waals surface area contributed by atoms with Gasteiger partial charge in [-0.1, -0.05) is 18.0 Å². The number of halogens is 1. The highest BCUT2D eigenvalue weighted by molar-refractivity contribution is 6.38. The summed E-state index contributed by atoms with van der Waals surface area (Å²) in [5.74, 6) is -0.171. The minimum absolute atomic E-state index is 0.00659. The Hall–Kier alpha value is -2.44. The molecule has 3 heterocycles. The highest BCUT2D eigenvalue weighted by Gasteiger charge is 2.25. The number of rotatable bonds is 5. The predicted octanol–water partition coefficient (Wildman–Crippen LogP) is 3.88. The maximum atomic E-state index is 12.8. The molecule has 146 valence electrons. The van der Waals surface area contributed by atoms with E-state index in [9.17, 15) is 4.79 Å². The molecule has 2 aromatic heterocycles. The van der Waals surface area contributed by atoms with E-state index in [1.165, 1.54) is 19.3 Å². The molecule has 6 nitrogen and oxygen atoms in total. The SMILES string of the molecule is Cc1cnc(C(CNC(=O)c2ccc3[nH]ccc3c2Cl)N2CCCCC2)cn1. The van der Waals surface area contributed by atoms with Crippen molar-refractivity contribution < 1.29 is 4.79 Å². The number of benzene rings is 1. The Morgan fingerprint density at radius 3 is 2.79 bits per heavy atom. The summed E-state index contributed by atoms with van der Waals surface area (Å²) in [6.07, 6.45) is 9.01. The summed E-state index contributed by atoms with van der Waals surface area (Å²) in [6.45, 7) is 4.41. The zero-order valence-electron chi connectivity index (χ0n) is 15.9. The Kier molecular flexibility index (Phi) is 5.59. The molecule has 0 saturated carbocycles. The first-order valence-corrected chi connectivity index (χ1v) is 10.1. The third kappa shape index (κ3) is 3.88. The number of carbonyl (C=O) groups excluding carboxylic acids is 1. The summed E-state index contributed by atoms with van der Waals surface area (Å²) >= 11 is 6.46. The van der Waals surface area contributed by atoms with Crippen LogP contribution in [0.4, 0.5) is 0 Å². The molecule has 0 bridgehead atoms. The third-order valence-corrected chi connectivity index (χ3v) is 5.75. The number of nitrogens with zero attached hydrogens (tertiary/aromatic N) is 3. The van der Waals surface area contributed by atoms with Gasteiger partial charge in [0.05, 0.1) is 34.2 Å². The van der Waals surface area contributed by atoms with Gasteiger partial charge < -0.3 is 10.3 Å². The van der Waals surface area contributed by atoms with E-state index in [2.05, 4.69) is 25.2 Å². The van der Waals surface area contributed by atoms with Gasteiger partial charge in [-0.2, -0.15) is 0 Å². The van der Waals surface area contributed by atoms with E-state index in [-0.39, 0.29) is 11.9 Å². The Morgan fingerprint density at radius 2 is 2.04 bits per heavy atom. The first kappa shape index (κ1) is 18.9. The number of aromatic amines is 1. The van der Waals surface area contributed by atoms with Gasteiger partial charge in [-0.15, -0.1) is 0 Å². The molecule has 0 radical (unpaired) electrons. The highest BCUT2D eigenvalue weighted by atomic mass is 35.5. The van der Waals surface area contributed by atoms with Crippen LogP contribution in [0, 0.1) is 6.92 Å².